The highest BCUT2D eigenvalue weighted by Crippen LogP contribution is 2.31. The first-order chi connectivity index (χ1) is 11.0. The molecular weight excluding hydrogens is 314 g/mol. The molecule has 1 aromatic carbocycles. The van der Waals surface area contributed by atoms with E-state index in [1.165, 1.54) is 6.07 Å². The smallest absolute Gasteiger partial charge is 0.224 e. The van der Waals surface area contributed by atoms with E-state index in [-0.39, 0.29) is 11.7 Å². The van der Waals surface area contributed by atoms with Gasteiger partial charge in [0.1, 0.15) is 11.5 Å². The third-order valence-corrected chi connectivity index (χ3v) is 4.51. The number of amides is 1. The highest BCUT2D eigenvalue weighted by Gasteiger charge is 2.21. The first-order valence-corrected chi connectivity index (χ1v) is 7.84. The Bertz CT molecular complexity index is 966. The molecule has 2 N–H and O–H groups in total. The second kappa shape index (κ2) is 5.10. The number of hydrogen-bond donors (Lipinski definition) is 2. The number of halogens is 1. The second-order valence-electron chi connectivity index (χ2n) is 5.69. The normalized spacial score (nSPS) is 14.0. The van der Waals surface area contributed by atoms with E-state index in [0.717, 1.165) is 28.0 Å². The fraction of sp³-hybridized carbons (Fsp3) is 0.188. The van der Waals surface area contributed by atoms with Crippen LogP contribution in [0.3, 0.4) is 0 Å². The minimum absolute atomic E-state index is 0.0171. The summed E-state index contributed by atoms with van der Waals surface area (Å²) >= 11 is 0. The molecule has 1 atom stereocenters. The standard InChI is InChI=1S/C16H14FN4OP/c1-7-4-12(18-10-2-3-14(22)19-15(7)10)16-8-5-13(23)9(17)6-11(8)20-21-16/h4-6H,2-3,23H2,1H3,(H,19,22)(H,20,21). The highest BCUT2D eigenvalue weighted by molar-refractivity contribution is 7.27. The third kappa shape index (κ3) is 2.30. The predicted octanol–water partition coefficient (Wildman–Crippen LogP) is 2.46. The number of H-pyrrole nitrogens is 1. The molecule has 116 valence electrons. The Labute approximate surface area is 133 Å². The predicted molar refractivity (Wildman–Crippen MR) is 90.3 cm³/mol. The second-order valence-corrected chi connectivity index (χ2v) is 6.31. The molecule has 1 aliphatic rings. The van der Waals surface area contributed by atoms with Crippen molar-refractivity contribution in [1.29, 1.82) is 0 Å². The summed E-state index contributed by atoms with van der Waals surface area (Å²) in [5.41, 5.74) is 4.65. The van der Waals surface area contributed by atoms with Gasteiger partial charge in [0.05, 0.1) is 22.6 Å². The average molecular weight is 328 g/mol. The molecule has 2 aromatic heterocycles. The van der Waals surface area contributed by atoms with Crippen LogP contribution in [-0.2, 0) is 11.2 Å². The number of anilines is 1. The van der Waals surface area contributed by atoms with Crippen LogP contribution in [0.25, 0.3) is 22.3 Å². The number of fused-ring (bicyclic) bond motifs is 2. The van der Waals surface area contributed by atoms with Gasteiger partial charge in [-0.25, -0.2) is 9.37 Å². The molecule has 5 nitrogen and oxygen atoms in total. The summed E-state index contributed by atoms with van der Waals surface area (Å²) in [4.78, 5) is 16.2. The fourth-order valence-corrected chi connectivity index (χ4v) is 3.15. The first kappa shape index (κ1) is 14.3. The molecule has 0 bridgehead atoms. The van der Waals surface area contributed by atoms with Gasteiger partial charge in [-0.2, -0.15) is 5.10 Å². The molecule has 3 aromatic rings. The zero-order valence-corrected chi connectivity index (χ0v) is 13.6. The number of hydrogen-bond acceptors (Lipinski definition) is 3. The maximum absolute atomic E-state index is 13.7. The third-order valence-electron chi connectivity index (χ3n) is 4.07. The molecule has 0 aliphatic carbocycles. The molecule has 0 radical (unpaired) electrons. The van der Waals surface area contributed by atoms with Gasteiger partial charge < -0.3 is 5.32 Å². The van der Waals surface area contributed by atoms with Crippen molar-refractivity contribution < 1.29 is 9.18 Å². The molecule has 0 saturated heterocycles. The summed E-state index contributed by atoms with van der Waals surface area (Å²) in [5, 5.41) is 11.3. The van der Waals surface area contributed by atoms with Gasteiger partial charge in [-0.05, 0) is 24.6 Å². The Hall–Kier alpha value is -2.33. The van der Waals surface area contributed by atoms with Crippen LogP contribution in [0.1, 0.15) is 17.7 Å². The first-order valence-electron chi connectivity index (χ1n) is 7.27. The summed E-state index contributed by atoms with van der Waals surface area (Å²) in [6.45, 7) is 1.94. The van der Waals surface area contributed by atoms with Gasteiger partial charge in [0.15, 0.2) is 0 Å². The van der Waals surface area contributed by atoms with E-state index >= 15 is 0 Å². The van der Waals surface area contributed by atoms with Crippen molar-refractivity contribution in [2.24, 2.45) is 0 Å². The quantitative estimate of drug-likeness (QED) is 0.674. The van der Waals surface area contributed by atoms with Crippen LogP contribution in [0.5, 0.6) is 0 Å². The van der Waals surface area contributed by atoms with E-state index in [9.17, 15) is 9.18 Å². The van der Waals surface area contributed by atoms with Crippen LogP contribution in [0.4, 0.5) is 10.1 Å². The van der Waals surface area contributed by atoms with E-state index < -0.39 is 0 Å². The van der Waals surface area contributed by atoms with Crippen molar-refractivity contribution in [1.82, 2.24) is 15.2 Å². The van der Waals surface area contributed by atoms with E-state index in [1.54, 1.807) is 6.07 Å². The van der Waals surface area contributed by atoms with Crippen LogP contribution in [0.15, 0.2) is 18.2 Å². The molecule has 3 heterocycles. The van der Waals surface area contributed by atoms with Crippen molar-refractivity contribution in [2.75, 3.05) is 5.32 Å². The summed E-state index contributed by atoms with van der Waals surface area (Å²) in [6, 6.07) is 5.07. The summed E-state index contributed by atoms with van der Waals surface area (Å²) in [5.74, 6) is -0.279. The van der Waals surface area contributed by atoms with Crippen LogP contribution in [-0.4, -0.2) is 21.1 Å². The lowest BCUT2D eigenvalue weighted by atomic mass is 10.0. The largest absolute Gasteiger partial charge is 0.324 e. The Morgan fingerprint density at radius 2 is 2.09 bits per heavy atom. The number of carbonyl (C=O) groups is 1. The number of rotatable bonds is 1. The van der Waals surface area contributed by atoms with Gasteiger partial charge in [0.25, 0.3) is 0 Å². The molecule has 7 heteroatoms. The lowest BCUT2D eigenvalue weighted by Crippen LogP contribution is -2.21. The number of aromatic amines is 1. The van der Waals surface area contributed by atoms with Crippen molar-refractivity contribution >= 4 is 37.0 Å². The van der Waals surface area contributed by atoms with Crippen LogP contribution in [0.2, 0.25) is 0 Å². The molecule has 0 spiro atoms. The zero-order chi connectivity index (χ0) is 16.1. The molecule has 0 saturated carbocycles. The summed E-state index contributed by atoms with van der Waals surface area (Å²) in [7, 11) is 2.38. The zero-order valence-electron chi connectivity index (χ0n) is 12.4. The van der Waals surface area contributed by atoms with E-state index in [0.29, 0.717) is 29.4 Å². The van der Waals surface area contributed by atoms with E-state index in [2.05, 4.69) is 29.7 Å². The summed E-state index contributed by atoms with van der Waals surface area (Å²) in [6.07, 6.45) is 1.05. The number of carbonyl (C=O) groups excluding carboxylic acids is 1. The van der Waals surface area contributed by atoms with Crippen LogP contribution < -0.4 is 10.6 Å². The topological polar surface area (TPSA) is 70.7 Å². The average Bonchev–Trinajstić information content (AvgIpc) is 2.91. The Kier molecular flexibility index (Phi) is 3.16. The van der Waals surface area contributed by atoms with Crippen molar-refractivity contribution in [3.8, 4) is 11.4 Å². The SMILES string of the molecule is Cc1cc(-c2n[nH]c3cc(F)c(P)cc23)nc2c1NC(=O)CC2. The summed E-state index contributed by atoms with van der Waals surface area (Å²) < 4.78 is 13.7. The molecule has 1 aliphatic heterocycles. The number of pyridine rings is 1. The van der Waals surface area contributed by atoms with E-state index in [1.807, 2.05) is 13.0 Å². The highest BCUT2D eigenvalue weighted by atomic mass is 31.0. The number of nitrogens with zero attached hydrogens (tertiary/aromatic N) is 2. The Morgan fingerprint density at radius 1 is 1.26 bits per heavy atom. The molecular formula is C16H14FN4OP. The minimum atomic E-state index is -0.296. The number of aromatic nitrogens is 3. The van der Waals surface area contributed by atoms with Gasteiger partial charge in [-0.1, -0.05) is 0 Å². The van der Waals surface area contributed by atoms with Gasteiger partial charge in [-0.3, -0.25) is 9.89 Å². The number of aryl methyl sites for hydroxylation is 2. The number of nitrogens with one attached hydrogen (secondary N) is 2. The maximum Gasteiger partial charge on any atom is 0.224 e. The lowest BCUT2D eigenvalue weighted by molar-refractivity contribution is -0.116. The Morgan fingerprint density at radius 3 is 2.91 bits per heavy atom. The van der Waals surface area contributed by atoms with E-state index in [4.69, 9.17) is 0 Å². The van der Waals surface area contributed by atoms with Gasteiger partial charge in [0, 0.05) is 29.6 Å². The molecule has 0 fully saturated rings. The number of benzene rings is 1. The van der Waals surface area contributed by atoms with Crippen molar-refractivity contribution in [3.05, 3.63) is 35.3 Å². The Balaban J connectivity index is 1.90. The molecule has 23 heavy (non-hydrogen) atoms. The lowest BCUT2D eigenvalue weighted by Gasteiger charge is -2.18. The monoisotopic (exact) mass is 328 g/mol. The van der Waals surface area contributed by atoms with Crippen molar-refractivity contribution in [3.63, 3.8) is 0 Å². The molecule has 1 unspecified atom stereocenters. The minimum Gasteiger partial charge on any atom is -0.324 e. The van der Waals surface area contributed by atoms with Gasteiger partial charge in [-0.15, -0.1) is 9.24 Å². The molecule has 1 amide bonds. The van der Waals surface area contributed by atoms with Crippen LogP contribution >= 0.6 is 9.24 Å². The van der Waals surface area contributed by atoms with Crippen LogP contribution in [0, 0.1) is 12.7 Å². The molecule has 4 rings (SSSR count). The maximum atomic E-state index is 13.7. The van der Waals surface area contributed by atoms with Gasteiger partial charge in [0.2, 0.25) is 5.91 Å². The van der Waals surface area contributed by atoms with Gasteiger partial charge >= 0.3 is 0 Å². The fourth-order valence-electron chi connectivity index (χ4n) is 2.90. The van der Waals surface area contributed by atoms with Crippen molar-refractivity contribution in [2.45, 2.75) is 19.8 Å².